The Morgan fingerprint density at radius 2 is 1.57 bits per heavy atom. The van der Waals surface area contributed by atoms with Gasteiger partial charge in [-0.15, -0.1) is 0 Å². The Hall–Kier alpha value is -2.14. The van der Waals surface area contributed by atoms with Gasteiger partial charge in [0.05, 0.1) is 14.2 Å². The van der Waals surface area contributed by atoms with E-state index in [1.807, 2.05) is 54.8 Å². The zero-order valence-corrected chi connectivity index (χ0v) is 13.2. The number of nitrogens with one attached hydrogen (secondary N) is 2. The predicted octanol–water partition coefficient (Wildman–Crippen LogP) is 2.25. The molecule has 0 aliphatic carbocycles. The maximum Gasteiger partial charge on any atom is 0.314 e. The maximum atomic E-state index is 5.35. The summed E-state index contributed by atoms with van der Waals surface area (Å²) in [6.45, 7) is 0. The summed E-state index contributed by atoms with van der Waals surface area (Å²) in [6.07, 6.45) is 2.00. The molecule has 0 saturated carbocycles. The molecule has 2 N–H and O–H groups in total. The van der Waals surface area contributed by atoms with E-state index in [2.05, 4.69) is 10.3 Å². The van der Waals surface area contributed by atoms with Crippen molar-refractivity contribution in [2.45, 2.75) is 0 Å². The number of methoxy groups -OCH3 is 2. The minimum atomic E-state index is 0.797. The van der Waals surface area contributed by atoms with Crippen molar-refractivity contribution in [3.63, 3.8) is 0 Å². The molecule has 0 spiro atoms. The van der Waals surface area contributed by atoms with Gasteiger partial charge in [0.25, 0.3) is 0 Å². The van der Waals surface area contributed by atoms with E-state index < -0.39 is 0 Å². The van der Waals surface area contributed by atoms with Gasteiger partial charge in [0, 0.05) is 0 Å². The number of rotatable bonds is 4. The lowest BCUT2D eigenvalue weighted by Gasteiger charge is -2.07. The number of hydrogen-bond donors (Lipinski definition) is 2. The summed E-state index contributed by atoms with van der Waals surface area (Å²) in [6, 6.07) is 15.6. The minimum absolute atomic E-state index is 0.797. The molecule has 5 heteroatoms. The summed E-state index contributed by atoms with van der Waals surface area (Å²) < 4.78 is 10.7. The lowest BCUT2D eigenvalue weighted by Crippen LogP contribution is -2.67. The van der Waals surface area contributed by atoms with Gasteiger partial charge in [-0.3, -0.25) is 0 Å². The second-order valence-electron chi connectivity index (χ2n) is 4.18. The van der Waals surface area contributed by atoms with Gasteiger partial charge in [-0.05, 0) is 42.3 Å². The first kappa shape index (κ1) is 15.3. The van der Waals surface area contributed by atoms with Gasteiger partial charge in [-0.25, -0.2) is 10.3 Å². The predicted molar refractivity (Wildman–Crippen MR) is 88.8 cm³/mol. The summed E-state index contributed by atoms with van der Waals surface area (Å²) >= 11 is 1.58. The molecule has 2 rings (SSSR count). The zero-order valence-electron chi connectivity index (χ0n) is 12.3. The van der Waals surface area contributed by atoms with Crippen molar-refractivity contribution in [1.82, 2.24) is 0 Å². The van der Waals surface area contributed by atoms with Gasteiger partial charge >= 0.3 is 5.17 Å². The highest BCUT2D eigenvalue weighted by Crippen LogP contribution is 2.23. The molecule has 0 bridgehead atoms. The van der Waals surface area contributed by atoms with E-state index in [1.165, 1.54) is 0 Å². The molecule has 21 heavy (non-hydrogen) atoms. The van der Waals surface area contributed by atoms with E-state index in [0.29, 0.717) is 0 Å². The number of anilines is 1. The number of benzene rings is 2. The standard InChI is InChI=1S/C16H18N2O2S/c1-19-14-10-6-4-8-12(14)17-16(21-3)18-13-9-5-7-11-15(13)20-2/h4-11H,1-3H3,(H,17,18)/p+1. The van der Waals surface area contributed by atoms with Gasteiger partial charge in [0.2, 0.25) is 0 Å². The molecule has 0 unspecified atom stereocenters. The Kier molecular flexibility index (Phi) is 5.51. The van der Waals surface area contributed by atoms with Crippen LogP contribution in [0.25, 0.3) is 0 Å². The van der Waals surface area contributed by atoms with Crippen molar-refractivity contribution < 1.29 is 14.5 Å². The van der Waals surface area contributed by atoms with Gasteiger partial charge in [0.15, 0.2) is 22.9 Å². The number of thioether (sulfide) groups is 1. The fraction of sp³-hybridized carbons (Fsp3) is 0.188. The van der Waals surface area contributed by atoms with E-state index >= 15 is 0 Å². The summed E-state index contributed by atoms with van der Waals surface area (Å²) in [5, 5.41) is 4.23. The summed E-state index contributed by atoms with van der Waals surface area (Å²) in [5.41, 5.74) is 1.82. The number of hydrogen-bond acceptors (Lipinski definition) is 3. The van der Waals surface area contributed by atoms with Gasteiger partial charge in [-0.2, -0.15) is 0 Å². The summed E-state index contributed by atoms with van der Waals surface area (Å²) in [7, 11) is 3.32. The molecule has 0 fully saturated rings. The van der Waals surface area contributed by atoms with E-state index in [0.717, 1.165) is 28.0 Å². The molecule has 0 aliphatic heterocycles. The van der Waals surface area contributed by atoms with Gasteiger partial charge < -0.3 is 9.47 Å². The van der Waals surface area contributed by atoms with Crippen molar-refractivity contribution >= 4 is 28.3 Å². The van der Waals surface area contributed by atoms with E-state index in [9.17, 15) is 0 Å². The van der Waals surface area contributed by atoms with Crippen LogP contribution in [-0.4, -0.2) is 25.6 Å². The molecule has 0 amide bonds. The van der Waals surface area contributed by atoms with Gasteiger partial charge in [0.1, 0.15) is 0 Å². The average Bonchev–Trinajstić information content (AvgIpc) is 2.55. The molecule has 0 heterocycles. The highest BCUT2D eigenvalue weighted by molar-refractivity contribution is 8.13. The third-order valence-corrected chi connectivity index (χ3v) is 3.53. The molecular weight excluding hydrogens is 284 g/mol. The molecule has 0 atom stereocenters. The Balaban J connectivity index is 2.29. The number of ether oxygens (including phenoxy) is 2. The summed E-state index contributed by atoms with van der Waals surface area (Å²) in [4.78, 5) is 3.34. The number of para-hydroxylation sites is 4. The monoisotopic (exact) mass is 303 g/mol. The first-order valence-electron chi connectivity index (χ1n) is 6.49. The van der Waals surface area contributed by atoms with Crippen molar-refractivity contribution in [1.29, 1.82) is 0 Å². The third kappa shape index (κ3) is 3.92. The van der Waals surface area contributed by atoms with Crippen LogP contribution in [0.4, 0.5) is 11.4 Å². The first-order valence-corrected chi connectivity index (χ1v) is 7.72. The van der Waals surface area contributed by atoms with Crippen molar-refractivity contribution in [2.75, 3.05) is 25.8 Å². The lowest BCUT2D eigenvalue weighted by molar-refractivity contribution is -0.351. The normalized spacial score (nSPS) is 11.1. The van der Waals surface area contributed by atoms with Crippen LogP contribution in [-0.2, 0) is 0 Å². The molecule has 0 aromatic heterocycles. The zero-order chi connectivity index (χ0) is 15.1. The largest absolute Gasteiger partial charge is 0.492 e. The molecule has 2 aromatic carbocycles. The Morgan fingerprint density at radius 1 is 0.952 bits per heavy atom. The molecule has 4 nitrogen and oxygen atoms in total. The van der Waals surface area contributed by atoms with Crippen LogP contribution in [0.2, 0.25) is 0 Å². The van der Waals surface area contributed by atoms with Crippen molar-refractivity contribution in [3.05, 3.63) is 48.5 Å². The summed E-state index contributed by atoms with van der Waals surface area (Å²) in [5.74, 6) is 1.59. The Labute approximate surface area is 129 Å². The second-order valence-corrected chi connectivity index (χ2v) is 5.00. The van der Waals surface area contributed by atoms with E-state index in [1.54, 1.807) is 26.0 Å². The molecule has 0 aliphatic rings. The van der Waals surface area contributed by atoms with Crippen molar-refractivity contribution in [3.8, 4) is 11.5 Å². The average molecular weight is 303 g/mol. The number of amidine groups is 1. The Bertz CT molecular complexity index is 629. The SMILES string of the molecule is COc1ccccc1NC(=[NH+]c1ccccc1OC)SC. The van der Waals surface area contributed by atoms with Crippen LogP contribution in [0.3, 0.4) is 0 Å². The highest BCUT2D eigenvalue weighted by Gasteiger charge is 2.12. The van der Waals surface area contributed by atoms with Gasteiger partial charge in [-0.1, -0.05) is 24.3 Å². The second kappa shape index (κ2) is 7.59. The smallest absolute Gasteiger partial charge is 0.314 e. The first-order chi connectivity index (χ1) is 10.3. The van der Waals surface area contributed by atoms with Crippen LogP contribution in [0.5, 0.6) is 11.5 Å². The third-order valence-electron chi connectivity index (χ3n) is 2.91. The lowest BCUT2D eigenvalue weighted by atomic mass is 10.3. The molecule has 0 radical (unpaired) electrons. The van der Waals surface area contributed by atoms with Crippen LogP contribution in [0.15, 0.2) is 48.5 Å². The quantitative estimate of drug-likeness (QED) is 0.672. The van der Waals surface area contributed by atoms with E-state index in [4.69, 9.17) is 9.47 Å². The minimum Gasteiger partial charge on any atom is -0.492 e. The highest BCUT2D eigenvalue weighted by atomic mass is 32.2. The Morgan fingerprint density at radius 3 is 2.24 bits per heavy atom. The molecule has 110 valence electrons. The van der Waals surface area contributed by atoms with Crippen LogP contribution >= 0.6 is 11.8 Å². The molecule has 2 aromatic rings. The fourth-order valence-electron chi connectivity index (χ4n) is 1.87. The fourth-order valence-corrected chi connectivity index (χ4v) is 2.30. The van der Waals surface area contributed by atoms with Crippen LogP contribution in [0.1, 0.15) is 0 Å². The van der Waals surface area contributed by atoms with Crippen molar-refractivity contribution in [2.24, 2.45) is 0 Å². The molecular formula is C16H19N2O2S+. The maximum absolute atomic E-state index is 5.35. The van der Waals surface area contributed by atoms with Crippen LogP contribution < -0.4 is 19.8 Å². The molecule has 0 saturated heterocycles. The van der Waals surface area contributed by atoms with Crippen LogP contribution in [0, 0.1) is 0 Å². The van der Waals surface area contributed by atoms with E-state index in [-0.39, 0.29) is 0 Å². The topological polar surface area (TPSA) is 44.5 Å².